The zero-order valence-electron chi connectivity index (χ0n) is 13.9. The highest BCUT2D eigenvalue weighted by atomic mass is 16.4. The van der Waals surface area contributed by atoms with Gasteiger partial charge >= 0.3 is 5.97 Å². The third-order valence-electron chi connectivity index (χ3n) is 3.13. The summed E-state index contributed by atoms with van der Waals surface area (Å²) in [7, 11) is 4.32. The van der Waals surface area contributed by atoms with Crippen LogP contribution in [0.2, 0.25) is 0 Å². The Morgan fingerprint density at radius 1 is 0.900 bits per heavy atom. The highest BCUT2D eigenvalue weighted by Crippen LogP contribution is 2.10. The summed E-state index contributed by atoms with van der Waals surface area (Å²) in [5, 5.41) is 7.60. The van der Waals surface area contributed by atoms with Crippen molar-refractivity contribution in [1.82, 2.24) is 4.90 Å². The molecule has 0 aromatic heterocycles. The van der Waals surface area contributed by atoms with E-state index in [0.29, 0.717) is 0 Å². The van der Waals surface area contributed by atoms with Crippen LogP contribution in [-0.4, -0.2) is 43.2 Å². The molecule has 0 aromatic rings. The Hall–Kier alpha value is -0.610. The first kappa shape index (κ1) is 21.7. The predicted molar refractivity (Wildman–Crippen MR) is 87.1 cm³/mol. The molecule has 0 rings (SSSR count). The fourth-order valence-electron chi connectivity index (χ4n) is 1.92. The van der Waals surface area contributed by atoms with Crippen molar-refractivity contribution in [2.75, 3.05) is 27.2 Å². The van der Waals surface area contributed by atoms with Crippen molar-refractivity contribution in [1.29, 1.82) is 0 Å². The molecule has 0 aliphatic carbocycles. The Bertz CT molecular complexity index is 197. The quantitative estimate of drug-likeness (QED) is 0.539. The third kappa shape index (κ3) is 26.1. The van der Waals surface area contributed by atoms with E-state index in [4.69, 9.17) is 5.11 Å². The average Bonchev–Trinajstić information content (AvgIpc) is 2.41. The van der Waals surface area contributed by atoms with Gasteiger partial charge in [-0.1, -0.05) is 64.7 Å². The van der Waals surface area contributed by atoms with Gasteiger partial charge < -0.3 is 15.7 Å². The minimum absolute atomic E-state index is 0.278. The molecule has 0 heterocycles. The smallest absolute Gasteiger partial charge is 0.317 e. The minimum atomic E-state index is -0.968. The third-order valence-corrected chi connectivity index (χ3v) is 3.13. The number of hydrogen-bond acceptors (Lipinski definition) is 3. The predicted octanol–water partition coefficient (Wildman–Crippen LogP) is 3.50. The van der Waals surface area contributed by atoms with Crippen LogP contribution in [0.5, 0.6) is 0 Å². The topological polar surface area (TPSA) is 66.6 Å². The number of nitrogens with two attached hydrogens (primary N) is 1. The lowest BCUT2D eigenvalue weighted by molar-refractivity contribution is -0.135. The number of rotatable bonds is 12. The number of unbranched alkanes of at least 4 members (excludes halogenated alkanes) is 9. The molecule has 4 nitrogen and oxygen atoms in total. The number of hydrogen-bond donors (Lipinski definition) is 2. The number of carboxylic acid groups (broad SMARTS) is 1. The molecule has 0 amide bonds. The van der Waals surface area contributed by atoms with Gasteiger partial charge in [-0.05, 0) is 27.1 Å². The van der Waals surface area contributed by atoms with E-state index >= 15 is 0 Å². The van der Waals surface area contributed by atoms with Crippen molar-refractivity contribution in [3.8, 4) is 0 Å². The molecule has 4 heteroatoms. The molecule has 0 atom stereocenters. The number of aliphatic carboxylic acids is 1. The summed E-state index contributed by atoms with van der Waals surface area (Å²) in [6, 6.07) is 0. The lowest BCUT2D eigenvalue weighted by Crippen LogP contribution is -2.12. The zero-order chi connectivity index (χ0) is 15.6. The molecule has 0 aromatic carbocycles. The molecule has 0 aliphatic heterocycles. The standard InChI is InChI=1S/C14H31N.C2H5NO2/c1-4-5-6-7-8-9-10-11-12-13-14-15(2)3;3-1-2(4)5/h4-14H2,1-3H3;1,3H2,(H,4,5). The average molecular weight is 288 g/mol. The van der Waals surface area contributed by atoms with E-state index < -0.39 is 5.97 Å². The van der Waals surface area contributed by atoms with Crippen molar-refractivity contribution < 1.29 is 9.90 Å². The summed E-state index contributed by atoms with van der Waals surface area (Å²) in [6.07, 6.45) is 14.4. The maximum Gasteiger partial charge on any atom is 0.317 e. The van der Waals surface area contributed by atoms with Crippen LogP contribution in [0.25, 0.3) is 0 Å². The van der Waals surface area contributed by atoms with E-state index in [1.54, 1.807) is 0 Å². The zero-order valence-corrected chi connectivity index (χ0v) is 13.9. The van der Waals surface area contributed by atoms with Gasteiger partial charge in [-0.3, -0.25) is 4.79 Å². The van der Waals surface area contributed by atoms with Gasteiger partial charge in [0, 0.05) is 0 Å². The van der Waals surface area contributed by atoms with Crippen LogP contribution in [-0.2, 0) is 4.79 Å². The van der Waals surface area contributed by atoms with Gasteiger partial charge in [0.1, 0.15) is 0 Å². The molecule has 0 fully saturated rings. The van der Waals surface area contributed by atoms with Gasteiger partial charge in [0.05, 0.1) is 6.54 Å². The van der Waals surface area contributed by atoms with Crippen LogP contribution in [0.15, 0.2) is 0 Å². The highest BCUT2D eigenvalue weighted by molar-refractivity contribution is 5.68. The van der Waals surface area contributed by atoms with Crippen LogP contribution in [0.3, 0.4) is 0 Å². The highest BCUT2D eigenvalue weighted by Gasteiger charge is 1.93. The van der Waals surface area contributed by atoms with Gasteiger partial charge in [-0.15, -0.1) is 0 Å². The second-order valence-electron chi connectivity index (χ2n) is 5.58. The molecule has 0 aliphatic rings. The molecule has 0 unspecified atom stereocenters. The van der Waals surface area contributed by atoms with Crippen LogP contribution in [0.4, 0.5) is 0 Å². The second-order valence-corrected chi connectivity index (χ2v) is 5.58. The minimum Gasteiger partial charge on any atom is -0.480 e. The molecule has 0 saturated carbocycles. The van der Waals surface area contributed by atoms with Crippen molar-refractivity contribution in [2.24, 2.45) is 5.73 Å². The maximum absolute atomic E-state index is 9.24. The summed E-state index contributed by atoms with van der Waals surface area (Å²) in [5.74, 6) is -0.968. The summed E-state index contributed by atoms with van der Waals surface area (Å²) in [6.45, 7) is 3.27. The molecule has 122 valence electrons. The van der Waals surface area contributed by atoms with Crippen molar-refractivity contribution in [2.45, 2.75) is 71.1 Å². The normalized spacial score (nSPS) is 10.2. The summed E-state index contributed by atoms with van der Waals surface area (Å²) in [4.78, 5) is 11.5. The lowest BCUT2D eigenvalue weighted by atomic mass is 10.1. The van der Waals surface area contributed by atoms with Crippen molar-refractivity contribution in [3.63, 3.8) is 0 Å². The van der Waals surface area contributed by atoms with E-state index in [-0.39, 0.29) is 6.54 Å². The molecule has 0 spiro atoms. The first-order valence-electron chi connectivity index (χ1n) is 8.11. The lowest BCUT2D eigenvalue weighted by Gasteiger charge is -2.08. The first-order chi connectivity index (χ1) is 9.54. The van der Waals surface area contributed by atoms with Crippen LogP contribution < -0.4 is 5.73 Å². The van der Waals surface area contributed by atoms with Crippen LogP contribution in [0.1, 0.15) is 71.1 Å². The Morgan fingerprint density at radius 3 is 1.55 bits per heavy atom. The second kappa shape index (κ2) is 18.4. The largest absolute Gasteiger partial charge is 0.480 e. The molecule has 3 N–H and O–H groups in total. The van der Waals surface area contributed by atoms with Crippen molar-refractivity contribution in [3.05, 3.63) is 0 Å². The van der Waals surface area contributed by atoms with E-state index in [1.165, 1.54) is 70.8 Å². The van der Waals surface area contributed by atoms with E-state index in [2.05, 4.69) is 31.7 Å². The number of carboxylic acids is 1. The van der Waals surface area contributed by atoms with Gasteiger partial charge in [0.2, 0.25) is 0 Å². The molecule has 0 bridgehead atoms. The summed E-state index contributed by atoms with van der Waals surface area (Å²) in [5.41, 5.74) is 4.57. The van der Waals surface area contributed by atoms with E-state index in [9.17, 15) is 4.79 Å². The Morgan fingerprint density at radius 2 is 1.25 bits per heavy atom. The summed E-state index contributed by atoms with van der Waals surface area (Å²) >= 11 is 0. The van der Waals surface area contributed by atoms with Gasteiger partial charge in [-0.2, -0.15) is 0 Å². The van der Waals surface area contributed by atoms with Gasteiger partial charge in [0.15, 0.2) is 0 Å². The fourth-order valence-corrected chi connectivity index (χ4v) is 1.92. The van der Waals surface area contributed by atoms with Crippen LogP contribution >= 0.6 is 0 Å². The number of nitrogens with zero attached hydrogens (tertiary/aromatic N) is 1. The molecule has 20 heavy (non-hydrogen) atoms. The molecular formula is C16H36N2O2. The number of carbonyl (C=O) groups is 1. The first-order valence-corrected chi connectivity index (χ1v) is 8.11. The maximum atomic E-state index is 9.24. The SMILES string of the molecule is CCCCCCCCCCCCN(C)C.NCC(=O)O. The molecule has 0 radical (unpaired) electrons. The van der Waals surface area contributed by atoms with Crippen LogP contribution in [0, 0.1) is 0 Å². The van der Waals surface area contributed by atoms with Gasteiger partial charge in [-0.25, -0.2) is 0 Å². The van der Waals surface area contributed by atoms with E-state index in [0.717, 1.165) is 0 Å². The Balaban J connectivity index is 0. The fraction of sp³-hybridized carbons (Fsp3) is 0.938. The van der Waals surface area contributed by atoms with Gasteiger partial charge in [0.25, 0.3) is 0 Å². The van der Waals surface area contributed by atoms with E-state index in [1.807, 2.05) is 0 Å². The molecular weight excluding hydrogens is 252 g/mol. The Labute approximate surface area is 125 Å². The Kier molecular flexibility index (Phi) is 19.9. The summed E-state index contributed by atoms with van der Waals surface area (Å²) < 4.78 is 0. The van der Waals surface area contributed by atoms with Crippen molar-refractivity contribution >= 4 is 5.97 Å². The monoisotopic (exact) mass is 288 g/mol. The molecule has 0 saturated heterocycles.